The number of benzene rings is 1. The summed E-state index contributed by atoms with van der Waals surface area (Å²) < 4.78 is 27.9. The number of aryl methyl sites for hydroxylation is 1. The summed E-state index contributed by atoms with van der Waals surface area (Å²) in [7, 11) is -3.42. The summed E-state index contributed by atoms with van der Waals surface area (Å²) in [6, 6.07) is 10.9. The maximum Gasteiger partial charge on any atom is 0.264 e. The van der Waals surface area contributed by atoms with Gasteiger partial charge >= 0.3 is 0 Å². The lowest BCUT2D eigenvalue weighted by molar-refractivity contribution is 0.307. The Bertz CT molecular complexity index is 734. The highest BCUT2D eigenvalue weighted by atomic mass is 32.2. The molecule has 0 unspecified atom stereocenters. The summed E-state index contributed by atoms with van der Waals surface area (Å²) in [5.74, 6) is 0. The maximum atomic E-state index is 11.8. The molecule has 0 saturated heterocycles. The van der Waals surface area contributed by atoms with Crippen LogP contribution in [-0.2, 0) is 20.8 Å². The molecule has 102 valence electrons. The zero-order chi connectivity index (χ0) is 13.9. The van der Waals surface area contributed by atoms with Gasteiger partial charge in [-0.2, -0.15) is 8.42 Å². The first kappa shape index (κ1) is 13.8. The van der Waals surface area contributed by atoms with Crippen LogP contribution in [0.3, 0.4) is 0 Å². The Morgan fingerprint density at radius 2 is 1.89 bits per heavy atom. The van der Waals surface area contributed by atoms with Crippen LogP contribution in [0.15, 0.2) is 41.2 Å². The van der Waals surface area contributed by atoms with Crippen LogP contribution in [0.25, 0.3) is 10.9 Å². The quantitative estimate of drug-likeness (QED) is 0.613. The van der Waals surface area contributed by atoms with Crippen LogP contribution in [0.2, 0.25) is 0 Å². The molecule has 1 heterocycles. The van der Waals surface area contributed by atoms with E-state index in [9.17, 15) is 13.2 Å². The second kappa shape index (κ2) is 5.54. The van der Waals surface area contributed by atoms with Crippen molar-refractivity contribution in [3.8, 4) is 0 Å². The van der Waals surface area contributed by atoms with E-state index in [1.807, 2.05) is 24.3 Å². The Hall–Kier alpha value is -1.66. The van der Waals surface area contributed by atoms with Gasteiger partial charge < -0.3 is 4.57 Å². The lowest BCUT2D eigenvalue weighted by atomic mass is 10.2. The van der Waals surface area contributed by atoms with Crippen LogP contribution in [-0.4, -0.2) is 25.8 Å². The molecule has 0 atom stereocenters. The fraction of sp³-hybridized carbons (Fsp3) is 0.308. The number of nitrogens with zero attached hydrogens (tertiary/aromatic N) is 1. The Morgan fingerprint density at radius 1 is 1.16 bits per heavy atom. The van der Waals surface area contributed by atoms with Gasteiger partial charge in [0.15, 0.2) is 0 Å². The number of fused-ring (bicyclic) bond motifs is 1. The van der Waals surface area contributed by atoms with Gasteiger partial charge in [-0.05, 0) is 23.9 Å². The van der Waals surface area contributed by atoms with Gasteiger partial charge in [-0.3, -0.25) is 8.98 Å². The Labute approximate surface area is 111 Å². The normalized spacial score (nSPS) is 11.8. The third-order valence-electron chi connectivity index (χ3n) is 2.72. The number of hydrogen-bond donors (Lipinski definition) is 0. The highest BCUT2D eigenvalue weighted by Crippen LogP contribution is 2.11. The zero-order valence-electron chi connectivity index (χ0n) is 10.6. The topological polar surface area (TPSA) is 65.4 Å². The SMILES string of the molecule is CS(=O)(=O)OCCCn1c(=O)ccc2ccccc21. The average Bonchev–Trinajstić information content (AvgIpc) is 2.35. The zero-order valence-corrected chi connectivity index (χ0v) is 11.4. The van der Waals surface area contributed by atoms with E-state index in [4.69, 9.17) is 0 Å². The fourth-order valence-electron chi connectivity index (χ4n) is 1.91. The van der Waals surface area contributed by atoms with E-state index < -0.39 is 10.1 Å². The molecule has 0 amide bonds. The molecule has 0 bridgehead atoms. The van der Waals surface area contributed by atoms with E-state index in [0.29, 0.717) is 13.0 Å². The molecular formula is C13H15NO4S. The van der Waals surface area contributed by atoms with Crippen LogP contribution in [0.5, 0.6) is 0 Å². The summed E-state index contributed by atoms with van der Waals surface area (Å²) in [4.78, 5) is 11.8. The van der Waals surface area contributed by atoms with Gasteiger partial charge in [0.2, 0.25) is 0 Å². The second-order valence-corrected chi connectivity index (χ2v) is 5.91. The third-order valence-corrected chi connectivity index (χ3v) is 3.32. The highest BCUT2D eigenvalue weighted by molar-refractivity contribution is 7.85. The first-order valence-corrected chi connectivity index (χ1v) is 7.72. The molecule has 0 radical (unpaired) electrons. The summed E-state index contributed by atoms with van der Waals surface area (Å²) >= 11 is 0. The Kier molecular flexibility index (Phi) is 4.01. The van der Waals surface area contributed by atoms with Crippen molar-refractivity contribution in [2.75, 3.05) is 12.9 Å². The lowest BCUT2D eigenvalue weighted by Crippen LogP contribution is -2.20. The summed E-state index contributed by atoms with van der Waals surface area (Å²) in [6.07, 6.45) is 1.47. The molecule has 0 N–H and O–H groups in total. The molecule has 19 heavy (non-hydrogen) atoms. The van der Waals surface area contributed by atoms with Crippen molar-refractivity contribution < 1.29 is 12.6 Å². The summed E-state index contributed by atoms with van der Waals surface area (Å²) in [6.45, 7) is 0.504. The van der Waals surface area contributed by atoms with E-state index in [2.05, 4.69) is 4.18 Å². The molecule has 0 saturated carbocycles. The molecule has 0 aliphatic carbocycles. The van der Waals surface area contributed by atoms with Crippen molar-refractivity contribution >= 4 is 21.0 Å². The third kappa shape index (κ3) is 3.65. The molecule has 0 aliphatic rings. The van der Waals surface area contributed by atoms with Crippen molar-refractivity contribution in [2.24, 2.45) is 0 Å². The molecule has 2 aromatic rings. The van der Waals surface area contributed by atoms with Crippen molar-refractivity contribution in [3.63, 3.8) is 0 Å². The van der Waals surface area contributed by atoms with Gasteiger partial charge in [-0.1, -0.05) is 18.2 Å². The second-order valence-electron chi connectivity index (χ2n) is 4.26. The molecule has 1 aromatic heterocycles. The average molecular weight is 281 g/mol. The van der Waals surface area contributed by atoms with Gasteiger partial charge in [-0.15, -0.1) is 0 Å². The molecule has 1 aromatic carbocycles. The van der Waals surface area contributed by atoms with E-state index >= 15 is 0 Å². The summed E-state index contributed by atoms with van der Waals surface area (Å²) in [5.41, 5.74) is 0.743. The maximum absolute atomic E-state index is 11.8. The molecule has 2 rings (SSSR count). The molecule has 0 spiro atoms. The van der Waals surface area contributed by atoms with Crippen LogP contribution >= 0.6 is 0 Å². The van der Waals surface area contributed by atoms with Crippen LogP contribution in [0.1, 0.15) is 6.42 Å². The molecular weight excluding hydrogens is 266 g/mol. The van der Waals surface area contributed by atoms with E-state index in [0.717, 1.165) is 17.2 Å². The van der Waals surface area contributed by atoms with Gasteiger partial charge in [0.05, 0.1) is 18.4 Å². The van der Waals surface area contributed by atoms with E-state index in [-0.39, 0.29) is 12.2 Å². The van der Waals surface area contributed by atoms with Crippen LogP contribution in [0.4, 0.5) is 0 Å². The minimum Gasteiger partial charge on any atom is -0.308 e. The molecule has 5 nitrogen and oxygen atoms in total. The number of pyridine rings is 1. The number of rotatable bonds is 5. The monoisotopic (exact) mass is 281 g/mol. The van der Waals surface area contributed by atoms with Crippen LogP contribution in [0, 0.1) is 0 Å². The van der Waals surface area contributed by atoms with Gasteiger partial charge in [0, 0.05) is 12.6 Å². The minimum absolute atomic E-state index is 0.0779. The molecule has 0 fully saturated rings. The number of para-hydroxylation sites is 1. The van der Waals surface area contributed by atoms with E-state index in [1.54, 1.807) is 10.6 Å². The fourth-order valence-corrected chi connectivity index (χ4v) is 2.33. The first-order chi connectivity index (χ1) is 8.97. The predicted molar refractivity (Wildman–Crippen MR) is 73.6 cm³/mol. The van der Waals surface area contributed by atoms with Gasteiger partial charge in [-0.25, -0.2) is 0 Å². The van der Waals surface area contributed by atoms with Gasteiger partial charge in [0.1, 0.15) is 0 Å². The Morgan fingerprint density at radius 3 is 2.63 bits per heavy atom. The molecule has 6 heteroatoms. The van der Waals surface area contributed by atoms with Crippen molar-refractivity contribution in [3.05, 3.63) is 46.8 Å². The standard InChI is InChI=1S/C13H15NO4S/c1-19(16,17)18-10-4-9-14-12-6-3-2-5-11(12)7-8-13(14)15/h2-3,5-8H,4,9-10H2,1H3. The van der Waals surface area contributed by atoms with Crippen molar-refractivity contribution in [1.82, 2.24) is 4.57 Å². The van der Waals surface area contributed by atoms with E-state index in [1.165, 1.54) is 6.07 Å². The predicted octanol–water partition coefficient (Wildman–Crippen LogP) is 1.37. The molecule has 0 aliphatic heterocycles. The first-order valence-electron chi connectivity index (χ1n) is 5.90. The lowest BCUT2D eigenvalue weighted by Gasteiger charge is -2.09. The van der Waals surface area contributed by atoms with Crippen LogP contribution < -0.4 is 5.56 Å². The smallest absolute Gasteiger partial charge is 0.264 e. The number of hydrogen-bond acceptors (Lipinski definition) is 4. The minimum atomic E-state index is -3.42. The van der Waals surface area contributed by atoms with Crippen molar-refractivity contribution in [1.29, 1.82) is 0 Å². The largest absolute Gasteiger partial charge is 0.308 e. The summed E-state index contributed by atoms with van der Waals surface area (Å²) in [5, 5.41) is 0.978. The highest BCUT2D eigenvalue weighted by Gasteiger charge is 2.04. The number of aromatic nitrogens is 1. The van der Waals surface area contributed by atoms with Crippen molar-refractivity contribution in [2.45, 2.75) is 13.0 Å². The van der Waals surface area contributed by atoms with Gasteiger partial charge in [0.25, 0.3) is 15.7 Å². The Balaban J connectivity index is 2.16.